The molecule has 2 heterocycles. The van der Waals surface area contributed by atoms with Crippen LogP contribution in [0.15, 0.2) is 21.7 Å². The van der Waals surface area contributed by atoms with Gasteiger partial charge in [-0.3, -0.25) is 4.90 Å². The molecule has 1 saturated heterocycles. The van der Waals surface area contributed by atoms with Gasteiger partial charge in [-0.25, -0.2) is 13.1 Å². The van der Waals surface area contributed by atoms with Crippen LogP contribution in [-0.4, -0.2) is 52.6 Å². The van der Waals surface area contributed by atoms with Gasteiger partial charge in [-0.1, -0.05) is 6.07 Å². The summed E-state index contributed by atoms with van der Waals surface area (Å²) in [7, 11) is -3.29. The maximum Gasteiger partial charge on any atom is 0.250 e. The fraction of sp³-hybridized carbons (Fsp3) is 0.600. The van der Waals surface area contributed by atoms with E-state index >= 15 is 0 Å². The summed E-state index contributed by atoms with van der Waals surface area (Å²) < 4.78 is 26.6. The maximum absolute atomic E-state index is 11.8. The van der Waals surface area contributed by atoms with Crippen molar-refractivity contribution >= 4 is 46.2 Å². The van der Waals surface area contributed by atoms with Gasteiger partial charge in [0.2, 0.25) is 10.0 Å². The van der Waals surface area contributed by atoms with Crippen molar-refractivity contribution in [3.63, 3.8) is 0 Å². The number of nitrogens with one attached hydrogen (secondary N) is 2. The molecule has 5 nitrogen and oxygen atoms in total. The predicted molar refractivity (Wildman–Crippen MR) is 83.3 cm³/mol. The van der Waals surface area contributed by atoms with Crippen LogP contribution < -0.4 is 10.0 Å². The predicted octanol–water partition coefficient (Wildman–Crippen LogP) is 0.775. The summed E-state index contributed by atoms with van der Waals surface area (Å²) in [5.41, 5.74) is 0. The lowest BCUT2D eigenvalue weighted by molar-refractivity contribution is 0.245. The lowest BCUT2D eigenvalue weighted by Crippen LogP contribution is -2.46. The number of piperazine rings is 1. The first-order valence-corrected chi connectivity index (χ1v) is 8.01. The van der Waals surface area contributed by atoms with E-state index < -0.39 is 10.0 Å². The third kappa shape index (κ3) is 5.95. The van der Waals surface area contributed by atoms with Crippen molar-refractivity contribution < 1.29 is 8.42 Å². The first-order valence-electron chi connectivity index (χ1n) is 5.65. The van der Waals surface area contributed by atoms with Gasteiger partial charge in [-0.05, 0) is 11.4 Å². The highest BCUT2D eigenvalue weighted by Gasteiger charge is 2.15. The molecule has 19 heavy (non-hydrogen) atoms. The molecule has 0 radical (unpaired) electrons. The van der Waals surface area contributed by atoms with E-state index in [9.17, 15) is 8.42 Å². The number of sulfonamides is 1. The molecule has 2 rings (SSSR count). The highest BCUT2D eigenvalue weighted by Crippen LogP contribution is 2.14. The molecule has 1 aromatic heterocycles. The fourth-order valence-electron chi connectivity index (χ4n) is 1.76. The molecular formula is C10H19Cl2N3O2S2. The Hall–Kier alpha value is 0.110. The summed E-state index contributed by atoms with van der Waals surface area (Å²) in [5, 5.41) is 5.03. The Balaban J connectivity index is 0.00000162. The molecule has 0 bridgehead atoms. The minimum atomic E-state index is -3.29. The van der Waals surface area contributed by atoms with Crippen molar-refractivity contribution in [2.45, 2.75) is 4.21 Å². The largest absolute Gasteiger partial charge is 0.314 e. The van der Waals surface area contributed by atoms with Crippen molar-refractivity contribution in [2.75, 3.05) is 39.3 Å². The van der Waals surface area contributed by atoms with E-state index in [-0.39, 0.29) is 24.8 Å². The molecule has 1 aromatic rings. The first-order chi connectivity index (χ1) is 8.18. The molecule has 2 N–H and O–H groups in total. The number of thiophene rings is 1. The van der Waals surface area contributed by atoms with Gasteiger partial charge in [0.15, 0.2) is 0 Å². The van der Waals surface area contributed by atoms with Gasteiger partial charge < -0.3 is 5.32 Å². The summed E-state index contributed by atoms with van der Waals surface area (Å²) in [6.07, 6.45) is 0. The molecule has 112 valence electrons. The van der Waals surface area contributed by atoms with E-state index in [2.05, 4.69) is 14.9 Å². The van der Waals surface area contributed by atoms with Crippen LogP contribution in [0.5, 0.6) is 0 Å². The van der Waals surface area contributed by atoms with E-state index in [1.54, 1.807) is 17.5 Å². The molecule has 0 spiro atoms. The van der Waals surface area contributed by atoms with Gasteiger partial charge in [-0.2, -0.15) is 0 Å². The highest BCUT2D eigenvalue weighted by atomic mass is 35.5. The molecular weight excluding hydrogens is 329 g/mol. The average molecular weight is 348 g/mol. The van der Waals surface area contributed by atoms with Crippen molar-refractivity contribution in [3.05, 3.63) is 17.5 Å². The summed E-state index contributed by atoms with van der Waals surface area (Å²) in [5.74, 6) is 0. The van der Waals surface area contributed by atoms with Crippen LogP contribution in [0.4, 0.5) is 0 Å². The van der Waals surface area contributed by atoms with Crippen LogP contribution in [-0.2, 0) is 10.0 Å². The average Bonchev–Trinajstić information content (AvgIpc) is 2.84. The SMILES string of the molecule is Cl.Cl.O=S(=O)(NCCN1CCNCC1)c1cccs1. The Morgan fingerprint density at radius 2 is 2.00 bits per heavy atom. The molecule has 0 amide bonds. The molecule has 0 aliphatic carbocycles. The monoisotopic (exact) mass is 347 g/mol. The van der Waals surface area contributed by atoms with Crippen LogP contribution in [0.3, 0.4) is 0 Å². The maximum atomic E-state index is 11.8. The quantitative estimate of drug-likeness (QED) is 0.826. The van der Waals surface area contributed by atoms with E-state index in [4.69, 9.17) is 0 Å². The zero-order chi connectivity index (χ0) is 12.1. The first kappa shape index (κ1) is 19.1. The minimum absolute atomic E-state index is 0. The summed E-state index contributed by atoms with van der Waals surface area (Å²) in [4.78, 5) is 2.26. The fourth-order valence-corrected chi connectivity index (χ4v) is 3.82. The summed E-state index contributed by atoms with van der Waals surface area (Å²) in [6.45, 7) is 5.18. The van der Waals surface area contributed by atoms with Gasteiger partial charge in [0.05, 0.1) is 0 Å². The molecule has 9 heteroatoms. The lowest BCUT2D eigenvalue weighted by atomic mass is 10.3. The topological polar surface area (TPSA) is 61.4 Å². The van der Waals surface area contributed by atoms with Crippen LogP contribution in [0.2, 0.25) is 0 Å². The Kier molecular flexibility index (Phi) is 9.17. The third-order valence-corrected chi connectivity index (χ3v) is 5.55. The van der Waals surface area contributed by atoms with Crippen molar-refractivity contribution in [3.8, 4) is 0 Å². The molecule has 0 aromatic carbocycles. The lowest BCUT2D eigenvalue weighted by Gasteiger charge is -2.26. The van der Waals surface area contributed by atoms with Crippen LogP contribution >= 0.6 is 36.2 Å². The molecule has 1 aliphatic heterocycles. The van der Waals surface area contributed by atoms with Crippen molar-refractivity contribution in [1.82, 2.24) is 14.9 Å². The molecule has 0 unspecified atom stereocenters. The van der Waals surface area contributed by atoms with Gasteiger partial charge in [0, 0.05) is 39.3 Å². The Morgan fingerprint density at radius 3 is 2.58 bits per heavy atom. The van der Waals surface area contributed by atoms with Crippen molar-refractivity contribution in [2.24, 2.45) is 0 Å². The number of nitrogens with zero attached hydrogens (tertiary/aromatic N) is 1. The number of hydrogen-bond donors (Lipinski definition) is 2. The highest BCUT2D eigenvalue weighted by molar-refractivity contribution is 7.91. The number of hydrogen-bond acceptors (Lipinski definition) is 5. The normalized spacial score (nSPS) is 16.4. The minimum Gasteiger partial charge on any atom is -0.314 e. The Bertz CT molecular complexity index is 434. The van der Waals surface area contributed by atoms with Crippen LogP contribution in [0, 0.1) is 0 Å². The standard InChI is InChI=1S/C10H17N3O2S2.2ClH/c14-17(15,10-2-1-9-16-10)12-5-8-13-6-3-11-4-7-13;;/h1-2,9,11-12H,3-8H2;2*1H. The molecule has 1 fully saturated rings. The zero-order valence-electron chi connectivity index (χ0n) is 10.4. The molecule has 0 saturated carbocycles. The second-order valence-corrected chi connectivity index (χ2v) is 6.86. The molecule has 1 aliphatic rings. The summed E-state index contributed by atoms with van der Waals surface area (Å²) in [6, 6.07) is 3.37. The smallest absolute Gasteiger partial charge is 0.250 e. The number of halogens is 2. The summed E-state index contributed by atoms with van der Waals surface area (Å²) >= 11 is 1.24. The van der Waals surface area contributed by atoms with Crippen LogP contribution in [0.25, 0.3) is 0 Å². The van der Waals surface area contributed by atoms with Gasteiger partial charge in [-0.15, -0.1) is 36.2 Å². The molecule has 0 atom stereocenters. The van der Waals surface area contributed by atoms with Gasteiger partial charge in [0.1, 0.15) is 4.21 Å². The Labute approximate surface area is 130 Å². The van der Waals surface area contributed by atoms with E-state index in [0.29, 0.717) is 10.8 Å². The Morgan fingerprint density at radius 1 is 1.32 bits per heavy atom. The zero-order valence-corrected chi connectivity index (χ0v) is 13.6. The van der Waals surface area contributed by atoms with E-state index in [1.807, 2.05) is 0 Å². The van der Waals surface area contributed by atoms with E-state index in [1.165, 1.54) is 11.3 Å². The second-order valence-electron chi connectivity index (χ2n) is 3.92. The van der Waals surface area contributed by atoms with Crippen LogP contribution in [0.1, 0.15) is 0 Å². The number of rotatable bonds is 5. The third-order valence-electron chi connectivity index (χ3n) is 2.69. The van der Waals surface area contributed by atoms with Crippen molar-refractivity contribution in [1.29, 1.82) is 0 Å². The second kappa shape index (κ2) is 9.12. The van der Waals surface area contributed by atoms with E-state index in [0.717, 1.165) is 32.7 Å². The van der Waals surface area contributed by atoms with Gasteiger partial charge >= 0.3 is 0 Å². The van der Waals surface area contributed by atoms with Gasteiger partial charge in [0.25, 0.3) is 0 Å².